The summed E-state index contributed by atoms with van der Waals surface area (Å²) in [6.45, 7) is 7.30. The molecule has 2 aliphatic heterocycles. The summed E-state index contributed by atoms with van der Waals surface area (Å²) in [6, 6.07) is 0. The summed E-state index contributed by atoms with van der Waals surface area (Å²) in [5.41, 5.74) is 0. The van der Waals surface area contributed by atoms with Gasteiger partial charge in [-0.15, -0.1) is 11.8 Å². The molecule has 136 valence electrons. The number of fused-ring (bicyclic) bond motifs is 1. The third-order valence-electron chi connectivity index (χ3n) is 5.75. The summed E-state index contributed by atoms with van der Waals surface area (Å²) in [7, 11) is 1.81. The molecule has 2 fully saturated rings. The largest absolute Gasteiger partial charge is 0.381 e. The fraction of sp³-hybridized carbons (Fsp3) is 0.842. The third-order valence-corrected chi connectivity index (χ3v) is 6.94. The molecule has 24 heavy (non-hydrogen) atoms. The topological polar surface area (TPSA) is 32.8 Å². The van der Waals surface area contributed by atoms with Crippen molar-refractivity contribution < 1.29 is 9.53 Å². The van der Waals surface area contributed by atoms with Crippen molar-refractivity contribution in [2.75, 3.05) is 45.6 Å². The van der Waals surface area contributed by atoms with E-state index in [-0.39, 0.29) is 0 Å². The van der Waals surface area contributed by atoms with Crippen LogP contribution in [0.3, 0.4) is 0 Å². The number of carbonyl (C=O) groups excluding carboxylic acids is 1. The molecule has 1 amide bonds. The second-order valence-electron chi connectivity index (χ2n) is 7.48. The van der Waals surface area contributed by atoms with Gasteiger partial charge in [0.25, 0.3) is 0 Å². The number of methoxy groups -OCH3 is 1. The number of hydrogen-bond acceptors (Lipinski definition) is 4. The highest BCUT2D eigenvalue weighted by Gasteiger charge is 2.33. The van der Waals surface area contributed by atoms with E-state index in [4.69, 9.17) is 4.74 Å². The summed E-state index contributed by atoms with van der Waals surface area (Å²) < 4.78 is 5.65. The predicted octanol–water partition coefficient (Wildman–Crippen LogP) is 2.99. The summed E-state index contributed by atoms with van der Waals surface area (Å²) in [5.74, 6) is 2.32. The van der Waals surface area contributed by atoms with E-state index < -0.39 is 0 Å². The van der Waals surface area contributed by atoms with Gasteiger partial charge in [-0.2, -0.15) is 0 Å². The molecule has 5 heteroatoms. The van der Waals surface area contributed by atoms with Crippen LogP contribution in [0, 0.1) is 11.8 Å². The Balaban J connectivity index is 1.54. The van der Waals surface area contributed by atoms with Crippen LogP contribution in [0.5, 0.6) is 0 Å². The van der Waals surface area contributed by atoms with Crippen molar-refractivity contribution in [1.29, 1.82) is 0 Å². The van der Waals surface area contributed by atoms with Gasteiger partial charge in [-0.25, -0.2) is 0 Å². The number of nitrogens with zero attached hydrogens (tertiary/aromatic N) is 2. The van der Waals surface area contributed by atoms with E-state index in [9.17, 15) is 4.79 Å². The van der Waals surface area contributed by atoms with Crippen molar-refractivity contribution in [3.63, 3.8) is 0 Å². The Morgan fingerprint density at radius 3 is 2.83 bits per heavy atom. The van der Waals surface area contributed by atoms with Crippen LogP contribution in [-0.4, -0.2) is 67.4 Å². The van der Waals surface area contributed by atoms with Crippen LogP contribution in [0.25, 0.3) is 0 Å². The Labute approximate surface area is 151 Å². The molecule has 4 nitrogen and oxygen atoms in total. The van der Waals surface area contributed by atoms with Crippen LogP contribution in [0.15, 0.2) is 11.0 Å². The van der Waals surface area contributed by atoms with Crippen molar-refractivity contribution in [2.45, 2.75) is 45.1 Å². The van der Waals surface area contributed by atoms with Gasteiger partial charge in [-0.05, 0) is 37.3 Å². The molecule has 1 aliphatic carbocycles. The summed E-state index contributed by atoms with van der Waals surface area (Å²) >= 11 is 1.95. The molecule has 3 rings (SSSR count). The maximum absolute atomic E-state index is 12.7. The second-order valence-corrected chi connectivity index (χ2v) is 8.64. The maximum atomic E-state index is 12.7. The van der Waals surface area contributed by atoms with Crippen LogP contribution in [0.4, 0.5) is 0 Å². The zero-order valence-electron chi connectivity index (χ0n) is 15.2. The van der Waals surface area contributed by atoms with Gasteiger partial charge in [0.2, 0.25) is 5.91 Å². The molecule has 0 spiro atoms. The fourth-order valence-electron chi connectivity index (χ4n) is 4.21. The monoisotopic (exact) mass is 352 g/mol. The lowest BCUT2D eigenvalue weighted by Gasteiger charge is -2.34. The number of likely N-dealkylation sites (tertiary alicyclic amines) is 1. The molecule has 0 aromatic rings. The molecule has 3 aliphatic rings. The lowest BCUT2D eigenvalue weighted by Crippen LogP contribution is -2.40. The Morgan fingerprint density at radius 1 is 1.29 bits per heavy atom. The molecule has 0 bridgehead atoms. The van der Waals surface area contributed by atoms with Gasteiger partial charge in [0, 0.05) is 50.8 Å². The minimum atomic E-state index is 0.294. The van der Waals surface area contributed by atoms with Crippen molar-refractivity contribution in [1.82, 2.24) is 9.80 Å². The predicted molar refractivity (Wildman–Crippen MR) is 100 cm³/mol. The van der Waals surface area contributed by atoms with Crippen LogP contribution >= 0.6 is 11.8 Å². The highest BCUT2D eigenvalue weighted by Crippen LogP contribution is 2.38. The molecule has 0 saturated carbocycles. The van der Waals surface area contributed by atoms with E-state index in [1.807, 2.05) is 18.9 Å². The Hall–Kier alpha value is -0.520. The van der Waals surface area contributed by atoms with E-state index in [0.29, 0.717) is 30.3 Å². The lowest BCUT2D eigenvalue weighted by molar-refractivity contribution is -0.132. The molecule has 0 aromatic carbocycles. The third kappa shape index (κ3) is 4.55. The SMILES string of the molecule is COC1CC2CN(C(=O)CCN3CCCCC3)CCSC2=CC1C. The number of amides is 1. The Morgan fingerprint density at radius 2 is 2.08 bits per heavy atom. The molecule has 0 aromatic heterocycles. The molecule has 0 N–H and O–H groups in total. The normalized spacial score (nSPS) is 32.0. The molecule has 3 atom stereocenters. The van der Waals surface area contributed by atoms with Gasteiger partial charge in [0.1, 0.15) is 0 Å². The number of piperidine rings is 1. The van der Waals surface area contributed by atoms with Crippen LogP contribution in [0.2, 0.25) is 0 Å². The van der Waals surface area contributed by atoms with Crippen molar-refractivity contribution >= 4 is 17.7 Å². The molecule has 3 unspecified atom stereocenters. The standard InChI is InChI=1S/C19H32N2O2S/c1-15-12-18-16(13-17(15)23-2)14-21(10-11-24-18)19(22)6-9-20-7-4-3-5-8-20/h12,15-17H,3-11,13-14H2,1-2H3. The van der Waals surface area contributed by atoms with E-state index >= 15 is 0 Å². The first-order valence-electron chi connectivity index (χ1n) is 9.55. The van der Waals surface area contributed by atoms with Crippen molar-refractivity contribution in [3.05, 3.63) is 11.0 Å². The first kappa shape index (κ1) is 18.3. The Kier molecular flexibility index (Phi) is 6.64. The molecular formula is C19H32N2O2S. The van der Waals surface area contributed by atoms with E-state index in [1.54, 1.807) is 0 Å². The first-order valence-corrected chi connectivity index (χ1v) is 10.5. The number of carbonyl (C=O) groups is 1. The maximum Gasteiger partial charge on any atom is 0.223 e. The molecule has 2 heterocycles. The van der Waals surface area contributed by atoms with Crippen molar-refractivity contribution in [2.24, 2.45) is 11.8 Å². The summed E-state index contributed by atoms with van der Waals surface area (Å²) in [5, 5.41) is 0. The van der Waals surface area contributed by atoms with Gasteiger partial charge >= 0.3 is 0 Å². The van der Waals surface area contributed by atoms with Crippen LogP contribution in [0.1, 0.15) is 39.0 Å². The van der Waals surface area contributed by atoms with Gasteiger partial charge < -0.3 is 14.5 Å². The van der Waals surface area contributed by atoms with Gasteiger partial charge in [0.15, 0.2) is 0 Å². The van der Waals surface area contributed by atoms with Gasteiger partial charge in [-0.3, -0.25) is 4.79 Å². The summed E-state index contributed by atoms with van der Waals surface area (Å²) in [4.78, 5) is 18.8. The molecule has 2 saturated heterocycles. The zero-order chi connectivity index (χ0) is 16.9. The molecular weight excluding hydrogens is 320 g/mol. The van der Waals surface area contributed by atoms with E-state index in [1.165, 1.54) is 37.3 Å². The quantitative estimate of drug-likeness (QED) is 0.779. The van der Waals surface area contributed by atoms with Gasteiger partial charge in [-0.1, -0.05) is 19.4 Å². The first-order chi connectivity index (χ1) is 11.7. The molecule has 0 radical (unpaired) electrons. The van der Waals surface area contributed by atoms with Crippen LogP contribution in [-0.2, 0) is 9.53 Å². The Bertz CT molecular complexity index is 462. The lowest BCUT2D eigenvalue weighted by atomic mass is 9.86. The van der Waals surface area contributed by atoms with Crippen LogP contribution < -0.4 is 0 Å². The van der Waals surface area contributed by atoms with Gasteiger partial charge in [0.05, 0.1) is 6.10 Å². The average Bonchev–Trinajstić information content (AvgIpc) is 2.81. The number of hydrogen-bond donors (Lipinski definition) is 0. The van der Waals surface area contributed by atoms with Crippen molar-refractivity contribution in [3.8, 4) is 0 Å². The fourth-order valence-corrected chi connectivity index (χ4v) is 5.47. The van der Waals surface area contributed by atoms with E-state index in [0.717, 1.165) is 31.8 Å². The second kappa shape index (κ2) is 8.72. The number of ether oxygens (including phenoxy) is 1. The summed E-state index contributed by atoms with van der Waals surface area (Å²) in [6.07, 6.45) is 8.34. The number of rotatable bonds is 4. The van der Waals surface area contributed by atoms with E-state index in [2.05, 4.69) is 22.8 Å². The highest BCUT2D eigenvalue weighted by molar-refractivity contribution is 8.03. The zero-order valence-corrected chi connectivity index (χ0v) is 16.0. The minimum Gasteiger partial charge on any atom is -0.381 e. The minimum absolute atomic E-state index is 0.294. The smallest absolute Gasteiger partial charge is 0.223 e. The highest BCUT2D eigenvalue weighted by atomic mass is 32.2. The number of thioether (sulfide) groups is 1. The average molecular weight is 353 g/mol.